The maximum Gasteiger partial charge on any atom is 0.320 e. The van der Waals surface area contributed by atoms with E-state index in [4.69, 9.17) is 9.47 Å². The lowest BCUT2D eigenvalue weighted by Crippen LogP contribution is -2.41. The highest BCUT2D eigenvalue weighted by molar-refractivity contribution is 9.10. The molecule has 1 saturated heterocycles. The van der Waals surface area contributed by atoms with Crippen LogP contribution in [0.15, 0.2) is 16.6 Å². The Morgan fingerprint density at radius 3 is 2.79 bits per heavy atom. The molecule has 1 aliphatic rings. The number of nitrogens with one attached hydrogen (secondary N) is 2. The van der Waals surface area contributed by atoms with Crippen molar-refractivity contribution in [2.75, 3.05) is 39.9 Å². The summed E-state index contributed by atoms with van der Waals surface area (Å²) < 4.78 is 11.0. The normalized spacial score (nSPS) is 15.5. The minimum Gasteiger partial charge on any atom is -0.495 e. The summed E-state index contributed by atoms with van der Waals surface area (Å²) in [5.74, 6) is 0.692. The molecule has 152 valence electrons. The molecule has 1 amide bonds. The summed E-state index contributed by atoms with van der Waals surface area (Å²) in [5.41, 5.74) is 1.12. The van der Waals surface area contributed by atoms with Crippen molar-refractivity contribution in [3.63, 3.8) is 0 Å². The van der Waals surface area contributed by atoms with E-state index in [0.29, 0.717) is 37.1 Å². The van der Waals surface area contributed by atoms with E-state index >= 15 is 0 Å². The third kappa shape index (κ3) is 4.82. The number of piperidine rings is 1. The fourth-order valence-corrected chi connectivity index (χ4v) is 3.91. The third-order valence-electron chi connectivity index (χ3n) is 4.97. The van der Waals surface area contributed by atoms with Gasteiger partial charge in [0.25, 0.3) is 5.91 Å². The summed E-state index contributed by atoms with van der Waals surface area (Å²) in [4.78, 5) is 26.3. The SMILES string of the molecule is CCOC(=O)CN1CCC(CNC(=O)c2n[nH]c3cc(OC)c(Br)cc23)CC1. The molecule has 28 heavy (non-hydrogen) atoms. The average molecular weight is 453 g/mol. The zero-order valence-corrected chi connectivity index (χ0v) is 17.7. The summed E-state index contributed by atoms with van der Waals surface area (Å²) in [7, 11) is 1.59. The molecule has 2 aromatic rings. The number of nitrogens with zero attached hydrogens (tertiary/aromatic N) is 2. The molecular formula is C19H25BrN4O4. The van der Waals surface area contributed by atoms with Crippen molar-refractivity contribution < 1.29 is 19.1 Å². The van der Waals surface area contributed by atoms with Crippen LogP contribution in [0.5, 0.6) is 5.75 Å². The van der Waals surface area contributed by atoms with Gasteiger partial charge in [0.15, 0.2) is 5.69 Å². The van der Waals surface area contributed by atoms with E-state index in [2.05, 4.69) is 36.3 Å². The molecule has 9 heteroatoms. The van der Waals surface area contributed by atoms with Gasteiger partial charge in [-0.2, -0.15) is 5.10 Å². The molecule has 0 radical (unpaired) electrons. The molecule has 0 atom stereocenters. The van der Waals surface area contributed by atoms with Crippen LogP contribution in [0.25, 0.3) is 10.9 Å². The first-order valence-corrected chi connectivity index (χ1v) is 10.2. The molecule has 0 bridgehead atoms. The number of fused-ring (bicyclic) bond motifs is 1. The summed E-state index contributed by atoms with van der Waals surface area (Å²) >= 11 is 3.44. The summed E-state index contributed by atoms with van der Waals surface area (Å²) in [6.07, 6.45) is 1.87. The number of hydrogen-bond acceptors (Lipinski definition) is 6. The van der Waals surface area contributed by atoms with Gasteiger partial charge in [0.1, 0.15) is 5.75 Å². The molecule has 1 fully saturated rings. The lowest BCUT2D eigenvalue weighted by molar-refractivity contribution is -0.144. The first-order valence-electron chi connectivity index (χ1n) is 9.39. The van der Waals surface area contributed by atoms with Crippen molar-refractivity contribution in [2.24, 2.45) is 5.92 Å². The average Bonchev–Trinajstić information content (AvgIpc) is 3.09. The number of rotatable bonds is 7. The molecule has 0 aliphatic carbocycles. The predicted octanol–water partition coefficient (Wildman–Crippen LogP) is 2.34. The maximum absolute atomic E-state index is 12.6. The van der Waals surface area contributed by atoms with Gasteiger partial charge in [-0.25, -0.2) is 0 Å². The molecule has 2 heterocycles. The number of aromatic amines is 1. The van der Waals surface area contributed by atoms with Crippen LogP contribution >= 0.6 is 15.9 Å². The Morgan fingerprint density at radius 1 is 1.36 bits per heavy atom. The van der Waals surface area contributed by atoms with E-state index in [1.807, 2.05) is 19.1 Å². The van der Waals surface area contributed by atoms with Crippen molar-refractivity contribution in [3.8, 4) is 5.75 Å². The zero-order chi connectivity index (χ0) is 20.1. The van der Waals surface area contributed by atoms with E-state index in [-0.39, 0.29) is 11.9 Å². The molecule has 2 N–H and O–H groups in total. The number of esters is 1. The predicted molar refractivity (Wildman–Crippen MR) is 108 cm³/mol. The number of benzene rings is 1. The van der Waals surface area contributed by atoms with Gasteiger partial charge >= 0.3 is 5.97 Å². The molecule has 3 rings (SSSR count). The number of methoxy groups -OCH3 is 1. The number of amides is 1. The second kappa shape index (κ2) is 9.38. The van der Waals surface area contributed by atoms with Gasteiger partial charge in [0.05, 0.1) is 30.3 Å². The van der Waals surface area contributed by atoms with Crippen LogP contribution in [0, 0.1) is 5.92 Å². The molecule has 1 aliphatic heterocycles. The van der Waals surface area contributed by atoms with Crippen LogP contribution in [0.2, 0.25) is 0 Å². The molecular weight excluding hydrogens is 428 g/mol. The first kappa shape index (κ1) is 20.6. The topological polar surface area (TPSA) is 96.5 Å². The standard InChI is InChI=1S/C19H25BrN4O4/c1-3-28-17(25)11-24-6-4-12(5-7-24)10-21-19(26)18-13-8-14(20)16(27-2)9-15(13)22-23-18/h8-9,12H,3-7,10-11H2,1-2H3,(H,21,26)(H,22,23). The Hall–Kier alpha value is -2.13. The van der Waals surface area contributed by atoms with Gasteiger partial charge in [-0.3, -0.25) is 19.6 Å². The van der Waals surface area contributed by atoms with Crippen LogP contribution in [-0.2, 0) is 9.53 Å². The van der Waals surface area contributed by atoms with E-state index in [1.165, 1.54) is 0 Å². The number of carbonyl (C=O) groups excluding carboxylic acids is 2. The van der Waals surface area contributed by atoms with Crippen molar-refractivity contribution >= 4 is 38.7 Å². The Kier molecular flexibility index (Phi) is 6.90. The van der Waals surface area contributed by atoms with Gasteiger partial charge in [-0.05, 0) is 60.8 Å². The fraction of sp³-hybridized carbons (Fsp3) is 0.526. The molecule has 0 spiro atoms. The van der Waals surface area contributed by atoms with Gasteiger partial charge in [0.2, 0.25) is 0 Å². The molecule has 8 nitrogen and oxygen atoms in total. The van der Waals surface area contributed by atoms with E-state index in [9.17, 15) is 9.59 Å². The number of hydrogen-bond donors (Lipinski definition) is 2. The second-order valence-electron chi connectivity index (χ2n) is 6.84. The highest BCUT2D eigenvalue weighted by atomic mass is 79.9. The Bertz CT molecular complexity index is 846. The highest BCUT2D eigenvalue weighted by Gasteiger charge is 2.23. The zero-order valence-electron chi connectivity index (χ0n) is 16.1. The fourth-order valence-electron chi connectivity index (χ4n) is 3.41. The minimum atomic E-state index is -0.197. The Morgan fingerprint density at radius 2 is 2.11 bits per heavy atom. The summed E-state index contributed by atoms with van der Waals surface area (Å²) in [6, 6.07) is 3.64. The van der Waals surface area contributed by atoms with E-state index < -0.39 is 0 Å². The van der Waals surface area contributed by atoms with E-state index in [1.54, 1.807) is 7.11 Å². The van der Waals surface area contributed by atoms with Crippen LogP contribution in [0.4, 0.5) is 0 Å². The van der Waals surface area contributed by atoms with Gasteiger partial charge in [0, 0.05) is 18.0 Å². The number of aromatic nitrogens is 2. The van der Waals surface area contributed by atoms with Crippen LogP contribution in [0.1, 0.15) is 30.3 Å². The summed E-state index contributed by atoms with van der Waals surface area (Å²) in [6.45, 7) is 4.81. The first-order chi connectivity index (χ1) is 13.5. The number of carbonyl (C=O) groups is 2. The van der Waals surface area contributed by atoms with Crippen LogP contribution < -0.4 is 10.1 Å². The van der Waals surface area contributed by atoms with Crippen molar-refractivity contribution in [3.05, 3.63) is 22.3 Å². The number of ether oxygens (including phenoxy) is 2. The number of halogens is 1. The smallest absolute Gasteiger partial charge is 0.320 e. The van der Waals surface area contributed by atoms with Crippen LogP contribution in [-0.4, -0.2) is 66.9 Å². The Labute approximate surface area is 172 Å². The number of H-pyrrole nitrogens is 1. The molecule has 1 aromatic heterocycles. The van der Waals surface area contributed by atoms with Crippen molar-refractivity contribution in [1.29, 1.82) is 0 Å². The van der Waals surface area contributed by atoms with Crippen molar-refractivity contribution in [1.82, 2.24) is 20.4 Å². The largest absolute Gasteiger partial charge is 0.495 e. The lowest BCUT2D eigenvalue weighted by atomic mass is 9.96. The Balaban J connectivity index is 1.52. The molecule has 1 aromatic carbocycles. The monoisotopic (exact) mass is 452 g/mol. The minimum absolute atomic E-state index is 0.178. The van der Waals surface area contributed by atoms with Gasteiger partial charge in [-0.15, -0.1) is 0 Å². The third-order valence-corrected chi connectivity index (χ3v) is 5.59. The number of likely N-dealkylation sites (tertiary alicyclic amines) is 1. The van der Waals surface area contributed by atoms with Gasteiger partial charge < -0.3 is 14.8 Å². The molecule has 0 unspecified atom stereocenters. The van der Waals surface area contributed by atoms with Gasteiger partial charge in [-0.1, -0.05) is 0 Å². The van der Waals surface area contributed by atoms with E-state index in [0.717, 1.165) is 41.3 Å². The second-order valence-corrected chi connectivity index (χ2v) is 7.69. The highest BCUT2D eigenvalue weighted by Crippen LogP contribution is 2.30. The van der Waals surface area contributed by atoms with Crippen LogP contribution in [0.3, 0.4) is 0 Å². The summed E-state index contributed by atoms with van der Waals surface area (Å²) in [5, 5.41) is 10.8. The lowest BCUT2D eigenvalue weighted by Gasteiger charge is -2.31. The molecule has 0 saturated carbocycles. The maximum atomic E-state index is 12.6. The van der Waals surface area contributed by atoms with Crippen molar-refractivity contribution in [2.45, 2.75) is 19.8 Å². The quantitative estimate of drug-likeness (QED) is 0.625.